The minimum atomic E-state index is -0.552. The molecule has 7 heteroatoms. The van der Waals surface area contributed by atoms with Crippen molar-refractivity contribution in [3.63, 3.8) is 0 Å². The van der Waals surface area contributed by atoms with E-state index in [1.54, 1.807) is 11.5 Å². The standard InChI is InChI=1S/C14H12BrIN2O3/c1-2-21-13(20)12-11(8-19)17-14(15)18(12)7-9-5-3-4-6-10(9)16/h3-6,8H,2,7H2,1H3. The van der Waals surface area contributed by atoms with Gasteiger partial charge in [0.2, 0.25) is 0 Å². The maximum atomic E-state index is 12.1. The van der Waals surface area contributed by atoms with Crippen molar-refractivity contribution in [1.82, 2.24) is 9.55 Å². The van der Waals surface area contributed by atoms with E-state index in [9.17, 15) is 9.59 Å². The molecule has 1 heterocycles. The molecular formula is C14H12BrIN2O3. The van der Waals surface area contributed by atoms with E-state index in [4.69, 9.17) is 4.74 Å². The van der Waals surface area contributed by atoms with Gasteiger partial charge in [-0.2, -0.15) is 0 Å². The van der Waals surface area contributed by atoms with Gasteiger partial charge in [0.25, 0.3) is 0 Å². The Balaban J connectivity index is 2.48. The molecular weight excluding hydrogens is 451 g/mol. The van der Waals surface area contributed by atoms with Crippen LogP contribution in [-0.2, 0) is 11.3 Å². The van der Waals surface area contributed by atoms with Crippen molar-refractivity contribution in [3.8, 4) is 0 Å². The van der Waals surface area contributed by atoms with Crippen molar-refractivity contribution in [2.24, 2.45) is 0 Å². The van der Waals surface area contributed by atoms with Gasteiger partial charge in [0.1, 0.15) is 5.69 Å². The molecule has 2 rings (SSSR count). The lowest BCUT2D eigenvalue weighted by Crippen LogP contribution is -2.15. The van der Waals surface area contributed by atoms with Gasteiger partial charge in [0, 0.05) is 3.57 Å². The number of aromatic nitrogens is 2. The second-order valence-corrected chi connectivity index (χ2v) is 6.00. The van der Waals surface area contributed by atoms with Crippen molar-refractivity contribution in [1.29, 1.82) is 0 Å². The van der Waals surface area contributed by atoms with Crippen LogP contribution < -0.4 is 0 Å². The zero-order chi connectivity index (χ0) is 15.4. The molecule has 1 aromatic heterocycles. The molecule has 5 nitrogen and oxygen atoms in total. The summed E-state index contributed by atoms with van der Waals surface area (Å²) in [4.78, 5) is 27.3. The summed E-state index contributed by atoms with van der Waals surface area (Å²) < 4.78 is 8.14. The van der Waals surface area contributed by atoms with Crippen molar-refractivity contribution >= 4 is 50.8 Å². The van der Waals surface area contributed by atoms with Crippen molar-refractivity contribution in [2.45, 2.75) is 13.5 Å². The topological polar surface area (TPSA) is 61.2 Å². The van der Waals surface area contributed by atoms with Crippen molar-refractivity contribution in [2.75, 3.05) is 6.61 Å². The summed E-state index contributed by atoms with van der Waals surface area (Å²) in [6, 6.07) is 7.81. The number of halogens is 2. The van der Waals surface area contributed by atoms with Crippen LogP contribution in [0.1, 0.15) is 33.5 Å². The number of aldehydes is 1. The lowest BCUT2D eigenvalue weighted by molar-refractivity contribution is 0.0511. The molecule has 0 aliphatic carbocycles. The molecule has 1 aromatic carbocycles. The monoisotopic (exact) mass is 462 g/mol. The molecule has 0 atom stereocenters. The second kappa shape index (κ2) is 7.17. The third-order valence-corrected chi connectivity index (χ3v) is 4.47. The minimum absolute atomic E-state index is 0.0752. The van der Waals surface area contributed by atoms with Gasteiger partial charge in [-0.3, -0.25) is 4.79 Å². The number of rotatable bonds is 5. The number of imidazole rings is 1. The summed E-state index contributed by atoms with van der Waals surface area (Å²) in [7, 11) is 0. The Morgan fingerprint density at radius 2 is 2.19 bits per heavy atom. The van der Waals surface area contributed by atoms with Crippen LogP contribution in [-0.4, -0.2) is 28.4 Å². The molecule has 110 valence electrons. The van der Waals surface area contributed by atoms with E-state index < -0.39 is 5.97 Å². The van der Waals surface area contributed by atoms with Crippen LogP contribution in [0.25, 0.3) is 0 Å². The summed E-state index contributed by atoms with van der Waals surface area (Å²) in [5, 5.41) is 0. The van der Waals surface area contributed by atoms with Crippen molar-refractivity contribution < 1.29 is 14.3 Å². The number of hydrogen-bond donors (Lipinski definition) is 0. The number of benzene rings is 1. The summed E-state index contributed by atoms with van der Waals surface area (Å²) in [5.41, 5.74) is 1.27. The normalized spacial score (nSPS) is 10.4. The van der Waals surface area contributed by atoms with Crippen LogP contribution in [0.5, 0.6) is 0 Å². The number of carbonyl (C=O) groups is 2. The first-order chi connectivity index (χ1) is 10.1. The SMILES string of the molecule is CCOC(=O)c1c(C=O)nc(Br)n1Cc1ccccc1I. The molecule has 21 heavy (non-hydrogen) atoms. The molecule has 0 bridgehead atoms. The highest BCUT2D eigenvalue weighted by molar-refractivity contribution is 14.1. The average molecular weight is 463 g/mol. The fourth-order valence-corrected chi connectivity index (χ4v) is 2.93. The smallest absolute Gasteiger partial charge is 0.357 e. The number of nitrogens with zero attached hydrogens (tertiary/aromatic N) is 2. The van der Waals surface area contributed by atoms with E-state index in [1.807, 2.05) is 24.3 Å². The van der Waals surface area contributed by atoms with Gasteiger partial charge >= 0.3 is 5.97 Å². The van der Waals surface area contributed by atoms with E-state index >= 15 is 0 Å². The fourth-order valence-electron chi connectivity index (χ4n) is 1.88. The molecule has 0 saturated heterocycles. The fraction of sp³-hybridized carbons (Fsp3) is 0.214. The third kappa shape index (κ3) is 3.52. The highest BCUT2D eigenvalue weighted by Crippen LogP contribution is 2.21. The van der Waals surface area contributed by atoms with E-state index in [1.165, 1.54) is 0 Å². The lowest BCUT2D eigenvalue weighted by Gasteiger charge is -2.10. The zero-order valence-electron chi connectivity index (χ0n) is 11.2. The number of hydrogen-bond acceptors (Lipinski definition) is 4. The second-order valence-electron chi connectivity index (χ2n) is 4.13. The Morgan fingerprint density at radius 1 is 1.48 bits per heavy atom. The van der Waals surface area contributed by atoms with Gasteiger partial charge in [-0.15, -0.1) is 0 Å². The van der Waals surface area contributed by atoms with Crippen LogP contribution in [0.2, 0.25) is 0 Å². The Labute approximate surface area is 144 Å². The van der Waals surface area contributed by atoms with Gasteiger partial charge in [-0.05, 0) is 57.1 Å². The average Bonchev–Trinajstić information content (AvgIpc) is 2.78. The van der Waals surface area contributed by atoms with Gasteiger partial charge in [-0.25, -0.2) is 9.78 Å². The molecule has 0 aliphatic heterocycles. The quantitative estimate of drug-likeness (QED) is 0.388. The predicted molar refractivity (Wildman–Crippen MR) is 89.5 cm³/mol. The first kappa shape index (κ1) is 16.2. The Morgan fingerprint density at radius 3 is 2.81 bits per heavy atom. The first-order valence-electron chi connectivity index (χ1n) is 6.20. The summed E-state index contributed by atoms with van der Waals surface area (Å²) in [6.07, 6.45) is 0.559. The van der Waals surface area contributed by atoms with Gasteiger partial charge < -0.3 is 9.30 Å². The molecule has 0 aliphatic rings. The van der Waals surface area contributed by atoms with Gasteiger partial charge in [0.05, 0.1) is 13.2 Å². The zero-order valence-corrected chi connectivity index (χ0v) is 14.9. The maximum absolute atomic E-state index is 12.1. The van der Waals surface area contributed by atoms with E-state index in [0.29, 0.717) is 17.6 Å². The molecule has 0 unspecified atom stereocenters. The molecule has 2 aromatic rings. The van der Waals surface area contributed by atoms with Gasteiger partial charge in [-0.1, -0.05) is 18.2 Å². The van der Waals surface area contributed by atoms with Crippen LogP contribution in [0.4, 0.5) is 0 Å². The third-order valence-electron chi connectivity index (χ3n) is 2.81. The molecule has 0 amide bonds. The number of ether oxygens (including phenoxy) is 1. The van der Waals surface area contributed by atoms with Crippen LogP contribution >= 0.6 is 38.5 Å². The van der Waals surface area contributed by atoms with E-state index in [2.05, 4.69) is 43.5 Å². The van der Waals surface area contributed by atoms with Gasteiger partial charge in [0.15, 0.2) is 16.7 Å². The minimum Gasteiger partial charge on any atom is -0.461 e. The van der Waals surface area contributed by atoms with Crippen molar-refractivity contribution in [3.05, 3.63) is 49.5 Å². The Hall–Kier alpha value is -1.22. The van der Waals surface area contributed by atoms with Crippen LogP contribution in [0.15, 0.2) is 29.0 Å². The number of esters is 1. The first-order valence-corrected chi connectivity index (χ1v) is 8.07. The van der Waals surface area contributed by atoms with Crippen LogP contribution in [0, 0.1) is 3.57 Å². The summed E-state index contributed by atoms with van der Waals surface area (Å²) in [6.45, 7) is 2.38. The van der Waals surface area contributed by atoms with E-state index in [0.717, 1.165) is 9.13 Å². The Kier molecular flexibility index (Phi) is 5.51. The largest absolute Gasteiger partial charge is 0.461 e. The summed E-state index contributed by atoms with van der Waals surface area (Å²) in [5.74, 6) is -0.552. The number of carbonyl (C=O) groups excluding carboxylic acids is 2. The molecule has 0 spiro atoms. The summed E-state index contributed by atoms with van der Waals surface area (Å²) >= 11 is 5.52. The maximum Gasteiger partial charge on any atom is 0.357 e. The highest BCUT2D eigenvalue weighted by atomic mass is 127. The van der Waals surface area contributed by atoms with E-state index in [-0.39, 0.29) is 18.0 Å². The predicted octanol–water partition coefficient (Wildman–Crippen LogP) is 3.29. The van der Waals surface area contributed by atoms with Crippen LogP contribution in [0.3, 0.4) is 0 Å². The molecule has 0 radical (unpaired) electrons. The lowest BCUT2D eigenvalue weighted by atomic mass is 10.2. The molecule has 0 N–H and O–H groups in total. The Bertz CT molecular complexity index is 685. The highest BCUT2D eigenvalue weighted by Gasteiger charge is 2.23. The molecule has 0 saturated carbocycles. The molecule has 0 fully saturated rings.